The lowest BCUT2D eigenvalue weighted by atomic mass is 9.70. The SMILES string of the molecule is COc1c(Br)cc(Br)cc1[C@H]1C(C#N)=C(N)OC2=C1C(=O)CC(C)(C)C2. The van der Waals surface area contributed by atoms with Crippen molar-refractivity contribution < 1.29 is 14.3 Å². The lowest BCUT2D eigenvalue weighted by Crippen LogP contribution is -2.33. The largest absolute Gasteiger partial charge is 0.495 e. The maximum Gasteiger partial charge on any atom is 0.205 e. The van der Waals surface area contributed by atoms with Crippen LogP contribution in [0.5, 0.6) is 5.75 Å². The van der Waals surface area contributed by atoms with Gasteiger partial charge in [0, 0.05) is 28.5 Å². The molecule has 5 nitrogen and oxygen atoms in total. The van der Waals surface area contributed by atoms with Gasteiger partial charge in [-0.3, -0.25) is 4.79 Å². The van der Waals surface area contributed by atoms with E-state index >= 15 is 0 Å². The number of nitrogens with two attached hydrogens (primary N) is 1. The van der Waals surface area contributed by atoms with Crippen molar-refractivity contribution in [3.05, 3.63) is 49.4 Å². The molecule has 0 fully saturated rings. The molecule has 1 aliphatic heterocycles. The monoisotopic (exact) mass is 480 g/mol. The first kappa shape index (κ1) is 19.0. The van der Waals surface area contributed by atoms with Gasteiger partial charge in [0.25, 0.3) is 0 Å². The van der Waals surface area contributed by atoms with Gasteiger partial charge in [-0.05, 0) is 33.5 Å². The molecule has 1 aromatic carbocycles. The summed E-state index contributed by atoms with van der Waals surface area (Å²) >= 11 is 6.96. The molecular formula is C19H18Br2N2O3. The topological polar surface area (TPSA) is 85.3 Å². The van der Waals surface area contributed by atoms with Crippen molar-refractivity contribution in [2.24, 2.45) is 11.1 Å². The molecule has 2 aliphatic rings. The van der Waals surface area contributed by atoms with E-state index in [9.17, 15) is 10.1 Å². The number of rotatable bonds is 2. The highest BCUT2D eigenvalue weighted by molar-refractivity contribution is 9.11. The molecule has 0 bridgehead atoms. The fourth-order valence-electron chi connectivity index (χ4n) is 3.61. The molecule has 0 radical (unpaired) electrons. The lowest BCUT2D eigenvalue weighted by Gasteiger charge is -2.37. The van der Waals surface area contributed by atoms with Gasteiger partial charge < -0.3 is 15.2 Å². The van der Waals surface area contributed by atoms with Crippen molar-refractivity contribution in [1.29, 1.82) is 5.26 Å². The number of hydrogen-bond donors (Lipinski definition) is 1. The molecule has 0 amide bonds. The molecule has 0 spiro atoms. The molecule has 1 atom stereocenters. The maximum absolute atomic E-state index is 13.0. The number of Topliss-reactive ketones (excluding diaryl/α,β-unsaturated/α-hetero) is 1. The molecule has 0 unspecified atom stereocenters. The van der Waals surface area contributed by atoms with Gasteiger partial charge in [-0.15, -0.1) is 0 Å². The zero-order valence-corrected chi connectivity index (χ0v) is 17.8. The number of halogens is 2. The van der Waals surface area contributed by atoms with E-state index in [2.05, 4.69) is 37.9 Å². The van der Waals surface area contributed by atoms with E-state index in [1.54, 1.807) is 7.11 Å². The number of ether oxygens (including phenoxy) is 2. The van der Waals surface area contributed by atoms with E-state index < -0.39 is 5.92 Å². The van der Waals surface area contributed by atoms with E-state index in [4.69, 9.17) is 15.2 Å². The van der Waals surface area contributed by atoms with Crippen molar-refractivity contribution >= 4 is 37.6 Å². The molecule has 0 aromatic heterocycles. The third-order valence-electron chi connectivity index (χ3n) is 4.63. The fraction of sp³-hybridized carbons (Fsp3) is 0.368. The Balaban J connectivity index is 2.29. The molecule has 26 heavy (non-hydrogen) atoms. The molecule has 136 valence electrons. The molecule has 1 aliphatic carbocycles. The van der Waals surface area contributed by atoms with Crippen LogP contribution in [0, 0.1) is 16.7 Å². The molecule has 2 N–H and O–H groups in total. The summed E-state index contributed by atoms with van der Waals surface area (Å²) in [6, 6.07) is 5.82. The fourth-order valence-corrected chi connectivity index (χ4v) is 5.03. The third-order valence-corrected chi connectivity index (χ3v) is 5.67. The summed E-state index contributed by atoms with van der Waals surface area (Å²) in [6.07, 6.45) is 0.975. The lowest BCUT2D eigenvalue weighted by molar-refractivity contribution is -0.119. The van der Waals surface area contributed by atoms with Gasteiger partial charge in [-0.1, -0.05) is 29.8 Å². The van der Waals surface area contributed by atoms with Gasteiger partial charge in [0.1, 0.15) is 23.2 Å². The summed E-state index contributed by atoms with van der Waals surface area (Å²) in [4.78, 5) is 13.0. The van der Waals surface area contributed by atoms with Gasteiger partial charge in [-0.25, -0.2) is 0 Å². The highest BCUT2D eigenvalue weighted by Gasteiger charge is 2.44. The minimum Gasteiger partial charge on any atom is -0.495 e. The van der Waals surface area contributed by atoms with E-state index in [0.717, 1.165) is 8.95 Å². The summed E-state index contributed by atoms with van der Waals surface area (Å²) in [7, 11) is 1.55. The molecule has 1 heterocycles. The molecule has 3 rings (SSSR count). The summed E-state index contributed by atoms with van der Waals surface area (Å²) < 4.78 is 12.8. The smallest absolute Gasteiger partial charge is 0.205 e. The highest BCUT2D eigenvalue weighted by atomic mass is 79.9. The van der Waals surface area contributed by atoms with Gasteiger partial charge >= 0.3 is 0 Å². The van der Waals surface area contributed by atoms with E-state index in [1.165, 1.54) is 0 Å². The summed E-state index contributed by atoms with van der Waals surface area (Å²) in [6.45, 7) is 4.03. The van der Waals surface area contributed by atoms with Crippen LogP contribution in [0.1, 0.15) is 38.2 Å². The van der Waals surface area contributed by atoms with Crippen molar-refractivity contribution in [1.82, 2.24) is 0 Å². The van der Waals surface area contributed by atoms with Crippen LogP contribution < -0.4 is 10.5 Å². The number of carbonyl (C=O) groups is 1. The first-order valence-electron chi connectivity index (χ1n) is 8.05. The van der Waals surface area contributed by atoms with E-state index in [1.807, 2.05) is 26.0 Å². The van der Waals surface area contributed by atoms with Crippen LogP contribution in [0.4, 0.5) is 0 Å². The zero-order valence-electron chi connectivity index (χ0n) is 14.7. The number of benzene rings is 1. The quantitative estimate of drug-likeness (QED) is 0.663. The first-order chi connectivity index (χ1) is 12.2. The Kier molecular flexibility index (Phi) is 4.93. The second-order valence-corrected chi connectivity index (χ2v) is 8.98. The van der Waals surface area contributed by atoms with Crippen LogP contribution in [0.25, 0.3) is 0 Å². The van der Waals surface area contributed by atoms with Gasteiger partial charge in [0.2, 0.25) is 5.88 Å². The number of nitrogens with zero attached hydrogens (tertiary/aromatic N) is 1. The molecule has 0 saturated heterocycles. The van der Waals surface area contributed by atoms with Crippen molar-refractivity contribution in [2.45, 2.75) is 32.6 Å². The van der Waals surface area contributed by atoms with Gasteiger partial charge in [0.15, 0.2) is 5.78 Å². The predicted octanol–water partition coefficient (Wildman–Crippen LogP) is 4.67. The van der Waals surface area contributed by atoms with Crippen molar-refractivity contribution in [3.63, 3.8) is 0 Å². The minimum atomic E-state index is -0.615. The standard InChI is InChI=1S/C19H18Br2N2O3/c1-19(2)6-13(24)16-14(7-19)26-18(23)11(8-22)15(16)10-4-9(20)5-12(21)17(10)25-3/h4-5,15H,6-7,23H2,1-3H3/t15-/m0/s1. The second kappa shape index (κ2) is 6.75. The second-order valence-electron chi connectivity index (χ2n) is 7.21. The van der Waals surface area contributed by atoms with Crippen LogP contribution in [0.2, 0.25) is 0 Å². The van der Waals surface area contributed by atoms with Crippen LogP contribution in [0.15, 0.2) is 43.9 Å². The molecule has 0 saturated carbocycles. The zero-order chi connectivity index (χ0) is 19.2. The van der Waals surface area contributed by atoms with Crippen LogP contribution in [0.3, 0.4) is 0 Å². The van der Waals surface area contributed by atoms with Gasteiger partial charge in [-0.2, -0.15) is 5.26 Å². The van der Waals surface area contributed by atoms with Crippen LogP contribution in [-0.2, 0) is 9.53 Å². The average molecular weight is 482 g/mol. The van der Waals surface area contributed by atoms with Crippen molar-refractivity contribution in [2.75, 3.05) is 7.11 Å². The number of methoxy groups -OCH3 is 1. The van der Waals surface area contributed by atoms with Crippen LogP contribution >= 0.6 is 31.9 Å². The normalized spacial score (nSPS) is 21.8. The number of ketones is 1. The summed E-state index contributed by atoms with van der Waals surface area (Å²) in [5.74, 6) is 0.506. The molecule has 7 heteroatoms. The highest BCUT2D eigenvalue weighted by Crippen LogP contribution is 2.50. The Morgan fingerprint density at radius 1 is 1.35 bits per heavy atom. The van der Waals surface area contributed by atoms with Gasteiger partial charge in [0.05, 0.1) is 17.5 Å². The third kappa shape index (κ3) is 3.17. The molecule has 1 aromatic rings. The number of hydrogen-bond acceptors (Lipinski definition) is 5. The van der Waals surface area contributed by atoms with E-state index in [-0.39, 0.29) is 22.7 Å². The molecular weight excluding hydrogens is 464 g/mol. The Morgan fingerprint density at radius 3 is 2.65 bits per heavy atom. The Morgan fingerprint density at radius 2 is 2.04 bits per heavy atom. The number of allylic oxidation sites excluding steroid dienone is 3. The summed E-state index contributed by atoms with van der Waals surface area (Å²) in [5.41, 5.74) is 7.25. The predicted molar refractivity (Wildman–Crippen MR) is 104 cm³/mol. The Labute approximate surface area is 169 Å². The Hall–Kier alpha value is -1.78. The number of carbonyl (C=O) groups excluding carboxylic acids is 1. The Bertz CT molecular complexity index is 910. The number of nitriles is 1. The van der Waals surface area contributed by atoms with Crippen molar-refractivity contribution in [3.8, 4) is 11.8 Å². The van der Waals surface area contributed by atoms with E-state index in [0.29, 0.717) is 35.5 Å². The maximum atomic E-state index is 13.0. The minimum absolute atomic E-state index is 0.0281. The van der Waals surface area contributed by atoms with Crippen LogP contribution in [-0.4, -0.2) is 12.9 Å². The first-order valence-corrected chi connectivity index (χ1v) is 9.64. The summed E-state index contributed by atoms with van der Waals surface area (Å²) in [5, 5.41) is 9.71. The average Bonchev–Trinajstić information content (AvgIpc) is 2.51.